The van der Waals surface area contributed by atoms with Gasteiger partial charge in [-0.05, 0) is 18.2 Å². The summed E-state index contributed by atoms with van der Waals surface area (Å²) in [4.78, 5) is 22.1. The number of benzene rings is 1. The van der Waals surface area contributed by atoms with E-state index in [9.17, 15) is 22.8 Å². The van der Waals surface area contributed by atoms with E-state index in [1.807, 2.05) is 0 Å². The molecular weight excluding hydrogens is 315 g/mol. The van der Waals surface area contributed by atoms with Crippen LogP contribution in [0.1, 0.15) is 16.8 Å². The molecule has 0 saturated heterocycles. The number of carbonyl (C=O) groups is 2. The van der Waals surface area contributed by atoms with Crippen LogP contribution in [0.5, 0.6) is 0 Å². The number of carbonyl (C=O) groups excluding carboxylic acids is 1. The molecule has 0 aliphatic rings. The molecule has 5 nitrogen and oxygen atoms in total. The number of rotatable bonds is 6. The second-order valence-corrected chi connectivity index (χ2v) is 4.37. The normalized spacial score (nSPS) is 11.2. The van der Waals surface area contributed by atoms with Gasteiger partial charge in [0.1, 0.15) is 6.61 Å². The van der Waals surface area contributed by atoms with Crippen molar-refractivity contribution in [2.75, 3.05) is 18.5 Å². The molecule has 0 heterocycles. The van der Waals surface area contributed by atoms with E-state index < -0.39 is 31.3 Å². The van der Waals surface area contributed by atoms with Crippen LogP contribution in [0.15, 0.2) is 18.2 Å². The molecule has 0 radical (unpaired) electrons. The Bertz CT molecular complexity index is 534. The summed E-state index contributed by atoms with van der Waals surface area (Å²) in [5.41, 5.74) is 0.119. The van der Waals surface area contributed by atoms with Crippen molar-refractivity contribution < 1.29 is 32.6 Å². The van der Waals surface area contributed by atoms with Gasteiger partial charge in [0.05, 0.1) is 29.3 Å². The highest BCUT2D eigenvalue weighted by Gasteiger charge is 2.27. The lowest BCUT2D eigenvalue weighted by molar-refractivity contribution is -0.174. The van der Waals surface area contributed by atoms with Gasteiger partial charge in [0.15, 0.2) is 0 Å². The Labute approximate surface area is 122 Å². The van der Waals surface area contributed by atoms with E-state index >= 15 is 0 Å². The Morgan fingerprint density at radius 1 is 1.33 bits per heavy atom. The summed E-state index contributed by atoms with van der Waals surface area (Å²) < 4.78 is 39.7. The maximum atomic E-state index is 11.8. The fourth-order valence-electron chi connectivity index (χ4n) is 1.31. The summed E-state index contributed by atoms with van der Waals surface area (Å²) in [6.07, 6.45) is -4.72. The Balaban J connectivity index is 2.46. The van der Waals surface area contributed by atoms with Crippen LogP contribution in [0.2, 0.25) is 5.02 Å². The first-order chi connectivity index (χ1) is 9.69. The van der Waals surface area contributed by atoms with Crippen molar-refractivity contribution in [3.63, 3.8) is 0 Å². The SMILES string of the molecule is O=C(CCOCC(F)(F)F)Nc1ccc(C(=O)O)cc1Cl. The summed E-state index contributed by atoms with van der Waals surface area (Å²) in [7, 11) is 0. The lowest BCUT2D eigenvalue weighted by Gasteiger charge is -2.09. The summed E-state index contributed by atoms with van der Waals surface area (Å²) in [6.45, 7) is -1.81. The van der Waals surface area contributed by atoms with Crippen LogP contribution in [-0.2, 0) is 9.53 Å². The first-order valence-electron chi connectivity index (χ1n) is 5.66. The van der Waals surface area contributed by atoms with Crippen LogP contribution in [0.25, 0.3) is 0 Å². The standard InChI is InChI=1S/C12H11ClF3NO4/c13-8-5-7(11(19)20)1-2-9(8)17-10(18)3-4-21-6-12(14,15)16/h1-2,5H,3-4,6H2,(H,17,18)(H,19,20). The van der Waals surface area contributed by atoms with Gasteiger partial charge in [-0.15, -0.1) is 0 Å². The van der Waals surface area contributed by atoms with Gasteiger partial charge in [0.25, 0.3) is 0 Å². The van der Waals surface area contributed by atoms with Crippen molar-refractivity contribution in [2.45, 2.75) is 12.6 Å². The van der Waals surface area contributed by atoms with Crippen LogP contribution >= 0.6 is 11.6 Å². The zero-order valence-corrected chi connectivity index (χ0v) is 11.3. The quantitative estimate of drug-likeness (QED) is 0.788. The van der Waals surface area contributed by atoms with Crippen molar-refractivity contribution in [1.82, 2.24) is 0 Å². The molecule has 0 fully saturated rings. The fourth-order valence-corrected chi connectivity index (χ4v) is 1.54. The van der Waals surface area contributed by atoms with Gasteiger partial charge in [-0.1, -0.05) is 11.6 Å². The van der Waals surface area contributed by atoms with E-state index in [2.05, 4.69) is 10.1 Å². The molecule has 116 valence electrons. The third-order valence-corrected chi connectivity index (χ3v) is 2.54. The Kier molecular flexibility index (Phi) is 5.98. The van der Waals surface area contributed by atoms with Crippen LogP contribution in [0.3, 0.4) is 0 Å². The maximum absolute atomic E-state index is 11.8. The highest BCUT2D eigenvalue weighted by molar-refractivity contribution is 6.34. The molecule has 0 aromatic heterocycles. The summed E-state index contributed by atoms with van der Waals surface area (Å²) in [5, 5.41) is 11.1. The summed E-state index contributed by atoms with van der Waals surface area (Å²) in [6, 6.07) is 3.68. The minimum Gasteiger partial charge on any atom is -0.478 e. The number of nitrogens with one attached hydrogen (secondary N) is 1. The zero-order valence-electron chi connectivity index (χ0n) is 10.5. The van der Waals surface area contributed by atoms with E-state index in [0.717, 1.165) is 6.07 Å². The molecule has 0 spiro atoms. The second kappa shape index (κ2) is 7.28. The number of carboxylic acid groups (broad SMARTS) is 1. The number of alkyl halides is 3. The highest BCUT2D eigenvalue weighted by atomic mass is 35.5. The van der Waals surface area contributed by atoms with Crippen LogP contribution in [0.4, 0.5) is 18.9 Å². The molecule has 0 bridgehead atoms. The minimum absolute atomic E-state index is 0.0134. The number of carboxylic acids is 1. The third-order valence-electron chi connectivity index (χ3n) is 2.23. The average molecular weight is 326 g/mol. The van der Waals surface area contributed by atoms with Gasteiger partial charge >= 0.3 is 12.1 Å². The number of halogens is 4. The van der Waals surface area contributed by atoms with Gasteiger partial charge in [0, 0.05) is 0 Å². The third kappa shape index (κ3) is 6.46. The van der Waals surface area contributed by atoms with E-state index in [1.165, 1.54) is 12.1 Å². The van der Waals surface area contributed by atoms with Gasteiger partial charge in [-0.2, -0.15) is 13.2 Å². The Morgan fingerprint density at radius 2 is 2.00 bits per heavy atom. The summed E-state index contributed by atoms with van der Waals surface area (Å²) in [5.74, 6) is -1.77. The largest absolute Gasteiger partial charge is 0.478 e. The number of amides is 1. The molecule has 1 aromatic carbocycles. The molecule has 0 atom stereocenters. The fraction of sp³-hybridized carbons (Fsp3) is 0.333. The monoisotopic (exact) mass is 325 g/mol. The molecule has 0 aliphatic heterocycles. The molecule has 0 aliphatic carbocycles. The van der Waals surface area contributed by atoms with Crippen LogP contribution < -0.4 is 5.32 Å². The Morgan fingerprint density at radius 3 is 2.52 bits per heavy atom. The first kappa shape index (κ1) is 17.3. The molecule has 1 rings (SSSR count). The van der Waals surface area contributed by atoms with Crippen LogP contribution in [0, 0.1) is 0 Å². The van der Waals surface area contributed by atoms with Gasteiger partial charge < -0.3 is 15.2 Å². The van der Waals surface area contributed by atoms with Crippen molar-refractivity contribution >= 4 is 29.2 Å². The topological polar surface area (TPSA) is 75.6 Å². The molecule has 2 N–H and O–H groups in total. The molecular formula is C12H11ClF3NO4. The van der Waals surface area contributed by atoms with Crippen molar-refractivity contribution in [1.29, 1.82) is 0 Å². The van der Waals surface area contributed by atoms with E-state index in [4.69, 9.17) is 16.7 Å². The number of hydrogen-bond donors (Lipinski definition) is 2. The molecule has 1 aromatic rings. The van der Waals surface area contributed by atoms with Gasteiger partial charge in [0.2, 0.25) is 5.91 Å². The van der Waals surface area contributed by atoms with Gasteiger partial charge in [-0.25, -0.2) is 4.79 Å². The number of ether oxygens (including phenoxy) is 1. The predicted octanol–water partition coefficient (Wildman–Crippen LogP) is 2.95. The number of anilines is 1. The smallest absolute Gasteiger partial charge is 0.411 e. The molecule has 9 heteroatoms. The Hall–Kier alpha value is -1.80. The van der Waals surface area contributed by atoms with E-state index in [0.29, 0.717) is 0 Å². The lowest BCUT2D eigenvalue weighted by atomic mass is 10.2. The van der Waals surface area contributed by atoms with Crippen molar-refractivity contribution in [3.05, 3.63) is 28.8 Å². The van der Waals surface area contributed by atoms with E-state index in [-0.39, 0.29) is 22.7 Å². The summed E-state index contributed by atoms with van der Waals surface area (Å²) >= 11 is 5.78. The molecule has 21 heavy (non-hydrogen) atoms. The number of aromatic carboxylic acids is 1. The molecule has 0 unspecified atom stereocenters. The predicted molar refractivity (Wildman–Crippen MR) is 68.5 cm³/mol. The van der Waals surface area contributed by atoms with E-state index in [1.54, 1.807) is 0 Å². The lowest BCUT2D eigenvalue weighted by Crippen LogP contribution is -2.20. The van der Waals surface area contributed by atoms with Crippen molar-refractivity contribution in [2.24, 2.45) is 0 Å². The van der Waals surface area contributed by atoms with Crippen LogP contribution in [-0.4, -0.2) is 36.4 Å². The minimum atomic E-state index is -4.44. The number of hydrogen-bond acceptors (Lipinski definition) is 3. The average Bonchev–Trinajstić information content (AvgIpc) is 2.36. The maximum Gasteiger partial charge on any atom is 0.411 e. The molecule has 1 amide bonds. The molecule has 0 saturated carbocycles. The second-order valence-electron chi connectivity index (χ2n) is 3.97. The van der Waals surface area contributed by atoms with Gasteiger partial charge in [-0.3, -0.25) is 4.79 Å². The first-order valence-corrected chi connectivity index (χ1v) is 6.04. The van der Waals surface area contributed by atoms with Crippen molar-refractivity contribution in [3.8, 4) is 0 Å². The highest BCUT2D eigenvalue weighted by Crippen LogP contribution is 2.23. The zero-order chi connectivity index (χ0) is 16.0.